The number of aldehydes is 1. The number of nitrogens with zero attached hydrogens (tertiary/aromatic N) is 1. The highest BCUT2D eigenvalue weighted by atomic mass is 32.1. The van der Waals surface area contributed by atoms with Gasteiger partial charge in [0, 0.05) is 31.3 Å². The van der Waals surface area contributed by atoms with Gasteiger partial charge in [-0.25, -0.2) is 4.79 Å². The van der Waals surface area contributed by atoms with Gasteiger partial charge >= 0.3 is 5.97 Å². The number of nitrogens with two attached hydrogens (primary N) is 1. The van der Waals surface area contributed by atoms with Crippen molar-refractivity contribution in [2.24, 2.45) is 0 Å². The lowest BCUT2D eigenvalue weighted by molar-refractivity contribution is -0.00369. The molecule has 3 aromatic rings. The van der Waals surface area contributed by atoms with Crippen LogP contribution in [0.5, 0.6) is 11.5 Å². The number of carbonyl (C=O) groups is 3. The first kappa shape index (κ1) is 29.8. The second kappa shape index (κ2) is 13.0. The van der Waals surface area contributed by atoms with Crippen LogP contribution >= 0.6 is 11.3 Å². The van der Waals surface area contributed by atoms with Gasteiger partial charge in [0.1, 0.15) is 23.7 Å². The maximum absolute atomic E-state index is 12.7. The molecule has 1 spiro atoms. The number of allylic oxidation sites excluding steroid dienone is 2. The first-order valence-corrected chi connectivity index (χ1v) is 14.0. The molecule has 5 rings (SSSR count). The minimum Gasteiger partial charge on any atom is -0.495 e. The summed E-state index contributed by atoms with van der Waals surface area (Å²) in [7, 11) is 3.68. The molecular weight excluding hydrogens is 540 g/mol. The molecule has 1 aromatic heterocycles. The molecule has 0 unspecified atom stereocenters. The Labute approximate surface area is 243 Å². The smallest absolute Gasteiger partial charge is 0.338 e. The Bertz CT molecular complexity index is 1510. The number of esters is 1. The molecule has 41 heavy (non-hydrogen) atoms. The number of nitrogen functional groups attached to an aromatic ring is 1. The predicted molar refractivity (Wildman–Crippen MR) is 162 cm³/mol. The summed E-state index contributed by atoms with van der Waals surface area (Å²) >= 11 is 1.38. The van der Waals surface area contributed by atoms with E-state index in [9.17, 15) is 14.4 Å². The van der Waals surface area contributed by atoms with Crippen molar-refractivity contribution in [1.82, 2.24) is 4.90 Å². The van der Waals surface area contributed by atoms with Gasteiger partial charge in [0.2, 0.25) is 0 Å². The summed E-state index contributed by atoms with van der Waals surface area (Å²) in [6, 6.07) is 10.5. The minimum absolute atomic E-state index is 0.0220. The maximum atomic E-state index is 12.7. The topological polar surface area (TPSA) is 108 Å². The van der Waals surface area contributed by atoms with Crippen molar-refractivity contribution < 1.29 is 28.6 Å². The van der Waals surface area contributed by atoms with Crippen LogP contribution in [0.4, 0.5) is 5.00 Å². The number of rotatable bonds is 7. The lowest BCUT2D eigenvalue weighted by Gasteiger charge is -2.43. The fourth-order valence-electron chi connectivity index (χ4n) is 4.90. The highest BCUT2D eigenvalue weighted by Crippen LogP contribution is 2.40. The molecular formula is C32H34N2O6S. The molecule has 8 nitrogen and oxygen atoms in total. The number of thiophene rings is 1. The van der Waals surface area contributed by atoms with Gasteiger partial charge in [0.05, 0.1) is 39.9 Å². The van der Waals surface area contributed by atoms with Crippen LogP contribution in [-0.4, -0.2) is 62.4 Å². The quantitative estimate of drug-likeness (QED) is 0.212. The number of benzene rings is 2. The molecule has 0 radical (unpaired) electrons. The molecule has 0 bridgehead atoms. The number of anilines is 1. The summed E-state index contributed by atoms with van der Waals surface area (Å²) in [5, 5.41) is 1.40. The van der Waals surface area contributed by atoms with Crippen molar-refractivity contribution >= 4 is 44.5 Å². The molecule has 0 atom stereocenters. The monoisotopic (exact) mass is 574 g/mol. The van der Waals surface area contributed by atoms with E-state index < -0.39 is 11.6 Å². The zero-order valence-corrected chi connectivity index (χ0v) is 24.1. The van der Waals surface area contributed by atoms with Crippen LogP contribution in [0, 0.1) is 0 Å². The van der Waals surface area contributed by atoms with E-state index in [0.29, 0.717) is 33.9 Å². The summed E-state index contributed by atoms with van der Waals surface area (Å²) in [4.78, 5) is 38.1. The van der Waals surface area contributed by atoms with Crippen LogP contribution in [0.2, 0.25) is 0 Å². The number of hydrogen-bond acceptors (Lipinski definition) is 9. The Hall–Kier alpha value is -4.21. The molecule has 0 saturated carbocycles. The molecule has 3 heterocycles. The van der Waals surface area contributed by atoms with Crippen LogP contribution in [0.25, 0.3) is 10.1 Å². The van der Waals surface area contributed by atoms with E-state index in [1.54, 1.807) is 43.5 Å². The predicted octanol–water partition coefficient (Wildman–Crippen LogP) is 5.88. The van der Waals surface area contributed by atoms with E-state index in [1.165, 1.54) is 11.3 Å². The zero-order chi connectivity index (χ0) is 29.6. The summed E-state index contributed by atoms with van der Waals surface area (Å²) in [5.41, 5.74) is 7.42. The van der Waals surface area contributed by atoms with Gasteiger partial charge < -0.3 is 24.8 Å². The Morgan fingerprint density at radius 1 is 1.22 bits per heavy atom. The number of fused-ring (bicyclic) bond motifs is 2. The molecule has 9 heteroatoms. The number of ketones is 1. The normalized spacial score (nSPS) is 16.1. The average molecular weight is 575 g/mol. The summed E-state index contributed by atoms with van der Waals surface area (Å²) < 4.78 is 17.6. The Kier molecular flexibility index (Phi) is 9.42. The van der Waals surface area contributed by atoms with Crippen molar-refractivity contribution in [2.75, 3.05) is 39.6 Å². The third kappa shape index (κ3) is 6.58. The third-order valence-electron chi connectivity index (χ3n) is 7.27. The molecule has 0 amide bonds. The standard InChI is InChI=1S/C22H25NO4.C10H9NO2S/c1-4-6-16(5-2)15-26-21(25)17-7-8-20-18(13-17)19(24)14-22(27-20)9-11-23(3)12-10-22;1-13-8-4-2-3-6-7(5-12)10(11)14-9(6)8/h4-8,13H,1-2,9-12,14-15H2,3H3;2-5H,11H2,1H3/b16-6+;. The second-order valence-corrected chi connectivity index (χ2v) is 11.0. The van der Waals surface area contributed by atoms with Crippen LogP contribution in [0.15, 0.2) is 73.4 Å². The third-order valence-corrected chi connectivity index (χ3v) is 8.34. The van der Waals surface area contributed by atoms with E-state index in [2.05, 4.69) is 25.1 Å². The van der Waals surface area contributed by atoms with Crippen molar-refractivity contribution in [1.29, 1.82) is 0 Å². The lowest BCUT2D eigenvalue weighted by atomic mass is 9.82. The highest BCUT2D eigenvalue weighted by Gasteiger charge is 2.42. The van der Waals surface area contributed by atoms with Gasteiger partial charge in [-0.05, 0) is 36.9 Å². The van der Waals surface area contributed by atoms with Gasteiger partial charge in [-0.15, -0.1) is 11.3 Å². The average Bonchev–Trinajstić information content (AvgIpc) is 3.32. The van der Waals surface area contributed by atoms with Crippen LogP contribution in [0.3, 0.4) is 0 Å². The molecule has 2 aliphatic heterocycles. The number of piperidine rings is 1. The highest BCUT2D eigenvalue weighted by molar-refractivity contribution is 7.23. The number of likely N-dealkylation sites (tertiary alicyclic amines) is 1. The Morgan fingerprint density at radius 2 is 1.98 bits per heavy atom. The fraction of sp³-hybridized carbons (Fsp3) is 0.281. The molecule has 1 saturated heterocycles. The fourth-order valence-corrected chi connectivity index (χ4v) is 5.93. The maximum Gasteiger partial charge on any atom is 0.338 e. The Morgan fingerprint density at radius 3 is 2.63 bits per heavy atom. The number of hydrogen-bond donors (Lipinski definition) is 1. The van der Waals surface area contributed by atoms with Crippen LogP contribution in [0.1, 0.15) is 50.3 Å². The van der Waals surface area contributed by atoms with Crippen molar-refractivity contribution in [3.05, 3.63) is 90.0 Å². The van der Waals surface area contributed by atoms with E-state index in [1.807, 2.05) is 18.2 Å². The zero-order valence-electron chi connectivity index (χ0n) is 23.3. The molecule has 0 aliphatic carbocycles. The largest absolute Gasteiger partial charge is 0.495 e. The minimum atomic E-state index is -0.484. The van der Waals surface area contributed by atoms with Crippen molar-refractivity contribution in [2.45, 2.75) is 24.9 Å². The molecule has 2 aromatic carbocycles. The molecule has 2 aliphatic rings. The van der Waals surface area contributed by atoms with Gasteiger partial charge in [-0.2, -0.15) is 0 Å². The SMILES string of the molecule is C=C/C=C(\C=C)COC(=O)c1ccc2c(c1)C(=O)CC1(CCN(C)CC1)O2.COc1cccc2c(C=O)c(N)sc12. The number of Topliss-reactive ketones (excluding diaryl/α,β-unsaturated/α-hetero) is 1. The van der Waals surface area contributed by atoms with E-state index >= 15 is 0 Å². The molecule has 2 N–H and O–H groups in total. The van der Waals surface area contributed by atoms with E-state index in [0.717, 1.165) is 53.6 Å². The van der Waals surface area contributed by atoms with Gasteiger partial charge in [-0.1, -0.05) is 43.5 Å². The van der Waals surface area contributed by atoms with Gasteiger partial charge in [0.25, 0.3) is 0 Å². The molecule has 214 valence electrons. The lowest BCUT2D eigenvalue weighted by Crippen LogP contribution is -2.50. The summed E-state index contributed by atoms with van der Waals surface area (Å²) in [6.07, 6.45) is 7.75. The first-order chi connectivity index (χ1) is 19.7. The van der Waals surface area contributed by atoms with Gasteiger partial charge in [0.15, 0.2) is 12.1 Å². The van der Waals surface area contributed by atoms with E-state index in [4.69, 9.17) is 19.9 Å². The number of carbonyl (C=O) groups excluding carboxylic acids is 3. The summed E-state index contributed by atoms with van der Waals surface area (Å²) in [5.74, 6) is 0.855. The first-order valence-electron chi connectivity index (χ1n) is 13.2. The van der Waals surface area contributed by atoms with E-state index in [-0.39, 0.29) is 12.4 Å². The van der Waals surface area contributed by atoms with Crippen LogP contribution in [-0.2, 0) is 4.74 Å². The second-order valence-electron chi connectivity index (χ2n) is 9.99. The number of methoxy groups -OCH3 is 1. The van der Waals surface area contributed by atoms with Gasteiger partial charge in [-0.3, -0.25) is 9.59 Å². The summed E-state index contributed by atoms with van der Waals surface area (Å²) in [6.45, 7) is 9.22. The molecule has 1 fully saturated rings. The number of ether oxygens (including phenoxy) is 3. The Balaban J connectivity index is 0.000000231. The van der Waals surface area contributed by atoms with Crippen molar-refractivity contribution in [3.8, 4) is 11.5 Å². The van der Waals surface area contributed by atoms with Crippen LogP contribution < -0.4 is 15.2 Å². The van der Waals surface area contributed by atoms with Crippen molar-refractivity contribution in [3.63, 3.8) is 0 Å².